The maximum Gasteiger partial charge on any atom is 0.0475 e. The number of rotatable bonds is 0. The highest BCUT2D eigenvalue weighted by atomic mass is 15.1. The van der Waals surface area contributed by atoms with Crippen LogP contribution in [0.5, 0.6) is 0 Å². The van der Waals surface area contributed by atoms with E-state index in [2.05, 4.69) is 50.1 Å². The number of allylic oxidation sites excluding steroid dienone is 2. The second-order valence-electron chi connectivity index (χ2n) is 6.33. The quantitative estimate of drug-likeness (QED) is 0.595. The molecule has 0 spiro atoms. The third-order valence-corrected chi connectivity index (χ3v) is 4.10. The first-order valence-corrected chi connectivity index (χ1v) is 6.68. The van der Waals surface area contributed by atoms with Crippen LogP contribution in [0.2, 0.25) is 0 Å². The summed E-state index contributed by atoms with van der Waals surface area (Å²) in [6.07, 6.45) is 14.4. The summed E-state index contributed by atoms with van der Waals surface area (Å²) in [6, 6.07) is 0.630. The van der Waals surface area contributed by atoms with Crippen molar-refractivity contribution >= 4 is 0 Å². The fourth-order valence-corrected chi connectivity index (χ4v) is 2.82. The molecule has 1 fully saturated rings. The third-order valence-electron chi connectivity index (χ3n) is 4.10. The van der Waals surface area contributed by atoms with E-state index in [0.29, 0.717) is 11.5 Å². The van der Waals surface area contributed by atoms with Gasteiger partial charge in [-0.15, -0.1) is 0 Å². The van der Waals surface area contributed by atoms with E-state index in [0.717, 1.165) is 5.92 Å². The van der Waals surface area contributed by atoms with Gasteiger partial charge in [-0.05, 0) is 42.9 Å². The Morgan fingerprint density at radius 2 is 2.00 bits per heavy atom. The van der Waals surface area contributed by atoms with Crippen molar-refractivity contribution in [3.63, 3.8) is 0 Å². The van der Waals surface area contributed by atoms with Gasteiger partial charge in [-0.2, -0.15) is 0 Å². The highest BCUT2D eigenvalue weighted by Crippen LogP contribution is 2.35. The largest absolute Gasteiger partial charge is 0.371 e. The minimum atomic E-state index is 0.483. The first-order chi connectivity index (χ1) is 7.57. The van der Waals surface area contributed by atoms with Crippen LogP contribution in [0.1, 0.15) is 46.5 Å². The maximum absolute atomic E-state index is 2.53. The molecule has 2 atom stereocenters. The summed E-state index contributed by atoms with van der Waals surface area (Å²) in [7, 11) is 0. The predicted molar refractivity (Wildman–Crippen MR) is 70.2 cm³/mol. The maximum atomic E-state index is 2.53. The Hall–Kier alpha value is -0.720. The van der Waals surface area contributed by atoms with E-state index in [1.165, 1.54) is 32.2 Å². The zero-order valence-corrected chi connectivity index (χ0v) is 10.9. The van der Waals surface area contributed by atoms with Crippen molar-refractivity contribution in [2.75, 3.05) is 6.54 Å². The molecule has 0 aromatic heterocycles. The molecule has 0 aromatic rings. The Balaban J connectivity index is 2.12. The van der Waals surface area contributed by atoms with Gasteiger partial charge in [0.25, 0.3) is 0 Å². The van der Waals surface area contributed by atoms with Crippen LogP contribution in [0, 0.1) is 11.3 Å². The molecule has 0 N–H and O–H groups in total. The zero-order chi connectivity index (χ0) is 11.6. The molecule has 2 aliphatic rings. The van der Waals surface area contributed by atoms with Crippen molar-refractivity contribution in [1.82, 2.24) is 4.90 Å². The SMILES string of the molecule is CC1CCN2C=CC=CC2CC(C)(C)CC1. The molecule has 2 rings (SSSR count). The van der Waals surface area contributed by atoms with Gasteiger partial charge in [-0.1, -0.05) is 39.3 Å². The lowest BCUT2D eigenvalue weighted by Gasteiger charge is -2.35. The molecule has 90 valence electrons. The smallest absolute Gasteiger partial charge is 0.0475 e. The minimum absolute atomic E-state index is 0.483. The van der Waals surface area contributed by atoms with Crippen LogP contribution in [0.3, 0.4) is 0 Å². The first-order valence-electron chi connectivity index (χ1n) is 6.68. The van der Waals surface area contributed by atoms with E-state index in [1.807, 2.05) is 0 Å². The standard InChI is InChI=1S/C15H25N/c1-13-7-9-15(2,3)12-14-6-4-5-10-16(14)11-8-13/h4-6,10,13-14H,7-9,11-12H2,1-3H3. The van der Waals surface area contributed by atoms with Gasteiger partial charge in [0.1, 0.15) is 0 Å². The van der Waals surface area contributed by atoms with Gasteiger partial charge < -0.3 is 4.90 Å². The Morgan fingerprint density at radius 3 is 2.81 bits per heavy atom. The van der Waals surface area contributed by atoms with E-state index in [1.54, 1.807) is 0 Å². The van der Waals surface area contributed by atoms with Gasteiger partial charge in [-0.25, -0.2) is 0 Å². The van der Waals surface area contributed by atoms with Crippen molar-refractivity contribution in [2.24, 2.45) is 11.3 Å². The van der Waals surface area contributed by atoms with Crippen LogP contribution in [-0.2, 0) is 0 Å². The highest BCUT2D eigenvalue weighted by molar-refractivity contribution is 5.14. The topological polar surface area (TPSA) is 3.24 Å². The molecule has 0 amide bonds. The summed E-state index contributed by atoms with van der Waals surface area (Å²) in [5.74, 6) is 0.873. The summed E-state index contributed by atoms with van der Waals surface area (Å²) in [5, 5.41) is 0. The van der Waals surface area contributed by atoms with E-state index >= 15 is 0 Å². The monoisotopic (exact) mass is 219 g/mol. The number of fused-ring (bicyclic) bond motifs is 1. The molecule has 2 aliphatic heterocycles. The van der Waals surface area contributed by atoms with E-state index in [-0.39, 0.29) is 0 Å². The lowest BCUT2D eigenvalue weighted by atomic mass is 9.79. The molecule has 0 bridgehead atoms. The molecule has 1 nitrogen and oxygen atoms in total. The highest BCUT2D eigenvalue weighted by Gasteiger charge is 2.27. The summed E-state index contributed by atoms with van der Waals surface area (Å²) in [5.41, 5.74) is 0.483. The number of hydrogen-bond donors (Lipinski definition) is 0. The van der Waals surface area contributed by atoms with Crippen molar-refractivity contribution in [1.29, 1.82) is 0 Å². The zero-order valence-electron chi connectivity index (χ0n) is 10.9. The van der Waals surface area contributed by atoms with Gasteiger partial charge in [0.2, 0.25) is 0 Å². The third kappa shape index (κ3) is 2.90. The molecule has 1 saturated heterocycles. The summed E-state index contributed by atoms with van der Waals surface area (Å²) in [6.45, 7) is 8.48. The first kappa shape index (κ1) is 11.8. The molecular formula is C15H25N. The summed E-state index contributed by atoms with van der Waals surface area (Å²) in [4.78, 5) is 2.53. The van der Waals surface area contributed by atoms with E-state index in [9.17, 15) is 0 Å². The van der Waals surface area contributed by atoms with Crippen molar-refractivity contribution in [3.8, 4) is 0 Å². The summed E-state index contributed by atoms with van der Waals surface area (Å²) >= 11 is 0. The molecule has 0 aromatic carbocycles. The van der Waals surface area contributed by atoms with Crippen molar-refractivity contribution in [3.05, 3.63) is 24.4 Å². The molecule has 1 heteroatoms. The molecule has 0 aliphatic carbocycles. The molecule has 16 heavy (non-hydrogen) atoms. The fourth-order valence-electron chi connectivity index (χ4n) is 2.82. The van der Waals surface area contributed by atoms with E-state index < -0.39 is 0 Å². The second-order valence-corrected chi connectivity index (χ2v) is 6.33. The van der Waals surface area contributed by atoms with Crippen LogP contribution < -0.4 is 0 Å². The Labute approximate surface area is 100 Å². The Morgan fingerprint density at radius 1 is 1.19 bits per heavy atom. The number of hydrogen-bond acceptors (Lipinski definition) is 1. The van der Waals surface area contributed by atoms with Gasteiger partial charge in [0.05, 0.1) is 0 Å². The van der Waals surface area contributed by atoms with Crippen LogP contribution in [0.15, 0.2) is 24.4 Å². The van der Waals surface area contributed by atoms with Crippen LogP contribution in [0.25, 0.3) is 0 Å². The Bertz CT molecular complexity index is 288. The molecule has 2 heterocycles. The van der Waals surface area contributed by atoms with Crippen LogP contribution >= 0.6 is 0 Å². The lowest BCUT2D eigenvalue weighted by Crippen LogP contribution is -2.34. The molecular weight excluding hydrogens is 194 g/mol. The average molecular weight is 219 g/mol. The normalized spacial score (nSPS) is 33.8. The molecule has 0 saturated carbocycles. The fraction of sp³-hybridized carbons (Fsp3) is 0.733. The minimum Gasteiger partial charge on any atom is -0.371 e. The van der Waals surface area contributed by atoms with Gasteiger partial charge >= 0.3 is 0 Å². The molecule has 0 radical (unpaired) electrons. The summed E-state index contributed by atoms with van der Waals surface area (Å²) < 4.78 is 0. The molecule has 2 unspecified atom stereocenters. The Kier molecular flexibility index (Phi) is 3.41. The average Bonchev–Trinajstić information content (AvgIpc) is 2.29. The van der Waals surface area contributed by atoms with Crippen molar-refractivity contribution in [2.45, 2.75) is 52.5 Å². The van der Waals surface area contributed by atoms with Gasteiger partial charge in [-0.3, -0.25) is 0 Å². The van der Waals surface area contributed by atoms with Gasteiger partial charge in [0.15, 0.2) is 0 Å². The van der Waals surface area contributed by atoms with Crippen LogP contribution in [0.4, 0.5) is 0 Å². The van der Waals surface area contributed by atoms with Crippen molar-refractivity contribution < 1.29 is 0 Å². The lowest BCUT2D eigenvalue weighted by molar-refractivity contribution is 0.219. The van der Waals surface area contributed by atoms with Crippen LogP contribution in [-0.4, -0.2) is 17.5 Å². The predicted octanol–water partition coefficient (Wildman–Crippen LogP) is 3.98. The number of nitrogens with zero attached hydrogens (tertiary/aromatic N) is 1. The van der Waals surface area contributed by atoms with E-state index in [4.69, 9.17) is 0 Å². The van der Waals surface area contributed by atoms with Gasteiger partial charge in [0, 0.05) is 12.6 Å². The second kappa shape index (κ2) is 4.65.